The van der Waals surface area contributed by atoms with E-state index in [4.69, 9.17) is 27.9 Å². The molecule has 1 aliphatic heterocycles. The van der Waals surface area contributed by atoms with Crippen LogP contribution in [-0.2, 0) is 19.6 Å². The predicted octanol–water partition coefficient (Wildman–Crippen LogP) is 2.87. The van der Waals surface area contributed by atoms with Gasteiger partial charge in [-0.05, 0) is 49.4 Å². The van der Waals surface area contributed by atoms with Gasteiger partial charge in [-0.15, -0.1) is 0 Å². The Morgan fingerprint density at radius 1 is 1.20 bits per heavy atom. The summed E-state index contributed by atoms with van der Waals surface area (Å²) in [6, 6.07) is 7.72. The number of benzene rings is 2. The van der Waals surface area contributed by atoms with Gasteiger partial charge in [0.15, 0.2) is 0 Å². The summed E-state index contributed by atoms with van der Waals surface area (Å²) < 4.78 is 32.6. The van der Waals surface area contributed by atoms with Crippen LogP contribution in [0.4, 0.5) is 10.5 Å². The summed E-state index contributed by atoms with van der Waals surface area (Å²) in [4.78, 5) is 37.2. The number of nitrogens with zero attached hydrogens (tertiary/aromatic N) is 1. The Labute approximate surface area is 212 Å². The van der Waals surface area contributed by atoms with E-state index in [1.54, 1.807) is 25.1 Å². The average Bonchev–Trinajstić information content (AvgIpc) is 2.94. The van der Waals surface area contributed by atoms with Gasteiger partial charge in [-0.1, -0.05) is 23.2 Å². The second-order valence-electron chi connectivity index (χ2n) is 7.28. The molecule has 13 heteroatoms. The maximum absolute atomic E-state index is 13.4. The number of hydrogen-bond acceptors (Lipinski definition) is 6. The van der Waals surface area contributed by atoms with E-state index >= 15 is 0 Å². The molecule has 0 aromatic heterocycles. The molecular weight excluding hydrogens is 519 g/mol. The molecule has 186 valence electrons. The van der Waals surface area contributed by atoms with Crippen LogP contribution in [0, 0.1) is 0 Å². The highest BCUT2D eigenvalue weighted by Gasteiger charge is 2.35. The number of sulfonamides is 1. The van der Waals surface area contributed by atoms with Crippen molar-refractivity contribution in [1.82, 2.24) is 14.9 Å². The van der Waals surface area contributed by atoms with Crippen molar-refractivity contribution in [1.29, 1.82) is 0 Å². The summed E-state index contributed by atoms with van der Waals surface area (Å²) in [5.74, 6) is -1.17. The Kier molecular flexibility index (Phi) is 8.26. The lowest BCUT2D eigenvalue weighted by molar-refractivity contribution is -0.127. The maximum atomic E-state index is 13.4. The fourth-order valence-electron chi connectivity index (χ4n) is 3.22. The third kappa shape index (κ3) is 6.05. The van der Waals surface area contributed by atoms with Crippen LogP contribution >= 0.6 is 23.2 Å². The summed E-state index contributed by atoms with van der Waals surface area (Å²) in [6.45, 7) is 1.12. The molecule has 1 fully saturated rings. The highest BCUT2D eigenvalue weighted by atomic mass is 35.5. The molecule has 10 nitrogen and oxygen atoms in total. The molecule has 0 unspecified atom stereocenters. The van der Waals surface area contributed by atoms with Crippen molar-refractivity contribution in [3.05, 3.63) is 57.6 Å². The quantitative estimate of drug-likeness (QED) is 0.482. The molecule has 2 aromatic carbocycles. The van der Waals surface area contributed by atoms with Crippen LogP contribution in [0.3, 0.4) is 0 Å². The van der Waals surface area contributed by atoms with Crippen LogP contribution in [0.1, 0.15) is 12.5 Å². The van der Waals surface area contributed by atoms with Crippen molar-refractivity contribution < 1.29 is 27.5 Å². The van der Waals surface area contributed by atoms with Crippen LogP contribution in [0.15, 0.2) is 46.9 Å². The van der Waals surface area contributed by atoms with Gasteiger partial charge in [-0.25, -0.2) is 17.5 Å². The lowest BCUT2D eigenvalue weighted by atomic mass is 10.1. The van der Waals surface area contributed by atoms with E-state index in [0.717, 1.165) is 6.07 Å². The standard InChI is InChI=1S/C22H22Cl2N4O6S/c1-3-25-22(31)27-18-10-16(5-6-17(18)24)35(32,33)28-12-20(29)26-11-14(21(28)30)8-13-9-15(23)4-7-19(13)34-2/h4-10H,3,11-12H2,1-2H3,(H,26,29)(H2,25,27,31). The molecule has 2 aromatic rings. The molecule has 1 saturated heterocycles. The van der Waals surface area contributed by atoms with Gasteiger partial charge in [-0.3, -0.25) is 9.59 Å². The number of rotatable bonds is 6. The van der Waals surface area contributed by atoms with E-state index in [-0.39, 0.29) is 27.7 Å². The first-order valence-corrected chi connectivity index (χ1v) is 12.5. The van der Waals surface area contributed by atoms with Gasteiger partial charge >= 0.3 is 6.03 Å². The third-order valence-corrected chi connectivity index (χ3v) is 7.19. The number of ether oxygens (including phenoxy) is 1. The number of anilines is 1. The zero-order valence-electron chi connectivity index (χ0n) is 18.7. The van der Waals surface area contributed by atoms with Crippen LogP contribution < -0.4 is 20.7 Å². The number of halogens is 2. The minimum Gasteiger partial charge on any atom is -0.496 e. The van der Waals surface area contributed by atoms with Gasteiger partial charge in [0.25, 0.3) is 15.9 Å². The molecule has 0 atom stereocenters. The highest BCUT2D eigenvalue weighted by Crippen LogP contribution is 2.29. The average molecular weight is 541 g/mol. The van der Waals surface area contributed by atoms with E-state index in [9.17, 15) is 22.8 Å². The molecule has 3 N–H and O–H groups in total. The molecule has 0 radical (unpaired) electrons. The van der Waals surface area contributed by atoms with Crippen molar-refractivity contribution >= 4 is 62.8 Å². The number of hydrogen-bond donors (Lipinski definition) is 3. The second-order valence-corrected chi connectivity index (χ2v) is 9.98. The molecule has 4 amide bonds. The molecule has 1 heterocycles. The molecule has 1 aliphatic rings. The Bertz CT molecular complexity index is 1310. The largest absolute Gasteiger partial charge is 0.496 e. The zero-order chi connectivity index (χ0) is 25.8. The van der Waals surface area contributed by atoms with E-state index in [0.29, 0.717) is 27.2 Å². The Balaban J connectivity index is 2.03. The second kappa shape index (κ2) is 11.0. The molecule has 0 aliphatic carbocycles. The Morgan fingerprint density at radius 2 is 1.94 bits per heavy atom. The first-order chi connectivity index (χ1) is 16.6. The van der Waals surface area contributed by atoms with Gasteiger partial charge in [0, 0.05) is 29.2 Å². The Hall–Kier alpha value is -3.28. The van der Waals surface area contributed by atoms with Crippen molar-refractivity contribution in [2.45, 2.75) is 11.8 Å². The minimum atomic E-state index is -4.51. The lowest BCUT2D eigenvalue weighted by Gasteiger charge is -2.21. The van der Waals surface area contributed by atoms with Crippen molar-refractivity contribution in [3.63, 3.8) is 0 Å². The number of carbonyl (C=O) groups excluding carboxylic acids is 3. The van der Waals surface area contributed by atoms with Crippen LogP contribution in [0.5, 0.6) is 5.75 Å². The fraction of sp³-hybridized carbons (Fsp3) is 0.227. The van der Waals surface area contributed by atoms with E-state index in [2.05, 4.69) is 16.0 Å². The number of nitrogens with one attached hydrogen (secondary N) is 3. The smallest absolute Gasteiger partial charge is 0.319 e. The monoisotopic (exact) mass is 540 g/mol. The van der Waals surface area contributed by atoms with Gasteiger partial charge in [0.05, 0.1) is 22.7 Å². The first kappa shape index (κ1) is 26.3. The summed E-state index contributed by atoms with van der Waals surface area (Å²) in [6.07, 6.45) is 1.41. The van der Waals surface area contributed by atoms with Crippen LogP contribution in [-0.4, -0.2) is 57.3 Å². The molecule has 35 heavy (non-hydrogen) atoms. The van der Waals surface area contributed by atoms with Gasteiger partial charge < -0.3 is 20.7 Å². The maximum Gasteiger partial charge on any atom is 0.319 e. The van der Waals surface area contributed by atoms with Crippen LogP contribution in [0.2, 0.25) is 10.0 Å². The normalized spacial score (nSPS) is 15.4. The number of carbonyl (C=O) groups is 3. The molecule has 0 saturated carbocycles. The number of amides is 4. The molecule has 0 bridgehead atoms. The predicted molar refractivity (Wildman–Crippen MR) is 132 cm³/mol. The summed E-state index contributed by atoms with van der Waals surface area (Å²) in [5, 5.41) is 7.93. The molecule has 0 spiro atoms. The number of methoxy groups -OCH3 is 1. The third-order valence-electron chi connectivity index (χ3n) is 4.90. The minimum absolute atomic E-state index is 0.00497. The van der Waals surface area contributed by atoms with Gasteiger partial charge in [0.2, 0.25) is 5.91 Å². The topological polar surface area (TPSA) is 134 Å². The van der Waals surface area contributed by atoms with Gasteiger partial charge in [-0.2, -0.15) is 0 Å². The van der Waals surface area contributed by atoms with Crippen molar-refractivity contribution in [2.24, 2.45) is 0 Å². The Morgan fingerprint density at radius 3 is 2.63 bits per heavy atom. The number of urea groups is 1. The van der Waals surface area contributed by atoms with E-state index in [1.165, 1.54) is 25.3 Å². The summed E-state index contributed by atoms with van der Waals surface area (Å²) in [5.41, 5.74) is 0.441. The van der Waals surface area contributed by atoms with Gasteiger partial charge in [0.1, 0.15) is 12.3 Å². The van der Waals surface area contributed by atoms with Crippen molar-refractivity contribution in [2.75, 3.05) is 32.1 Å². The van der Waals surface area contributed by atoms with E-state index in [1.807, 2.05) is 0 Å². The highest BCUT2D eigenvalue weighted by molar-refractivity contribution is 7.89. The zero-order valence-corrected chi connectivity index (χ0v) is 21.1. The lowest BCUT2D eigenvalue weighted by Crippen LogP contribution is -2.40. The van der Waals surface area contributed by atoms with Crippen molar-refractivity contribution in [3.8, 4) is 5.75 Å². The molecule has 3 rings (SSSR count). The summed E-state index contributed by atoms with van der Waals surface area (Å²) in [7, 11) is -3.07. The molecular formula is C22H22Cl2N4O6S. The first-order valence-electron chi connectivity index (χ1n) is 10.3. The fourth-order valence-corrected chi connectivity index (χ4v) is 4.94. The summed E-state index contributed by atoms with van der Waals surface area (Å²) >= 11 is 12.2. The SMILES string of the molecule is CCNC(=O)Nc1cc(S(=O)(=O)N2CC(=O)NCC(=Cc3cc(Cl)ccc3OC)C2=O)ccc1Cl. The van der Waals surface area contributed by atoms with E-state index < -0.39 is 34.4 Å². The van der Waals surface area contributed by atoms with Crippen LogP contribution in [0.25, 0.3) is 6.08 Å².